The van der Waals surface area contributed by atoms with Crippen LogP contribution in [0.25, 0.3) is 11.3 Å². The highest BCUT2D eigenvalue weighted by molar-refractivity contribution is 5.84. The molecule has 1 aromatic heterocycles. The van der Waals surface area contributed by atoms with Crippen LogP contribution in [0, 0.1) is 12.8 Å². The molecule has 7 nitrogen and oxygen atoms in total. The molecule has 1 atom stereocenters. The number of aromatic hydroxyl groups is 1. The van der Waals surface area contributed by atoms with Gasteiger partial charge in [-0.1, -0.05) is 0 Å². The summed E-state index contributed by atoms with van der Waals surface area (Å²) in [5, 5.41) is 10.1. The van der Waals surface area contributed by atoms with E-state index in [1.54, 1.807) is 0 Å². The molecular weight excluding hydrogens is 411 g/mol. The van der Waals surface area contributed by atoms with Crippen molar-refractivity contribution in [3.8, 4) is 17.0 Å². The van der Waals surface area contributed by atoms with Gasteiger partial charge in [-0.15, -0.1) is 0 Å². The predicted molar refractivity (Wildman–Crippen MR) is 109 cm³/mol. The van der Waals surface area contributed by atoms with Gasteiger partial charge in [-0.2, -0.15) is 13.2 Å². The van der Waals surface area contributed by atoms with Crippen LogP contribution >= 0.6 is 0 Å². The quantitative estimate of drug-likeness (QED) is 0.705. The average molecular weight is 433 g/mol. The van der Waals surface area contributed by atoms with Crippen molar-refractivity contribution in [2.75, 3.05) is 18.8 Å². The van der Waals surface area contributed by atoms with Gasteiger partial charge in [0.2, 0.25) is 5.91 Å². The number of carbonyl (C=O) groups is 1. The fraction of sp³-hybridized carbons (Fsp3) is 0.429. The first-order valence-electron chi connectivity index (χ1n) is 9.96. The average Bonchev–Trinajstić information content (AvgIpc) is 3.45. The summed E-state index contributed by atoms with van der Waals surface area (Å²) >= 11 is 0. The van der Waals surface area contributed by atoms with E-state index in [-0.39, 0.29) is 34.5 Å². The zero-order chi connectivity index (χ0) is 22.3. The van der Waals surface area contributed by atoms with E-state index in [0.717, 1.165) is 18.9 Å². The zero-order valence-electron chi connectivity index (χ0n) is 16.9. The van der Waals surface area contributed by atoms with Crippen LogP contribution in [0.1, 0.15) is 36.1 Å². The van der Waals surface area contributed by atoms with Crippen LogP contribution in [-0.2, 0) is 11.0 Å². The molecule has 1 unspecified atom stereocenters. The molecule has 2 heterocycles. The van der Waals surface area contributed by atoms with E-state index in [4.69, 9.17) is 5.73 Å². The molecule has 1 saturated heterocycles. The number of nitrogens with zero attached hydrogens (tertiary/aromatic N) is 4. The van der Waals surface area contributed by atoms with Crippen molar-refractivity contribution < 1.29 is 23.1 Å². The number of halogens is 3. The number of anilines is 1. The lowest BCUT2D eigenvalue weighted by Gasteiger charge is -2.14. The molecule has 10 heteroatoms. The summed E-state index contributed by atoms with van der Waals surface area (Å²) in [4.78, 5) is 26.7. The van der Waals surface area contributed by atoms with Gasteiger partial charge >= 0.3 is 6.18 Å². The molecule has 0 spiro atoms. The van der Waals surface area contributed by atoms with E-state index in [1.807, 2.05) is 4.90 Å². The molecular formula is C21H22F3N5O2. The minimum absolute atomic E-state index is 0.0436. The van der Waals surface area contributed by atoms with Crippen molar-refractivity contribution in [1.82, 2.24) is 14.9 Å². The van der Waals surface area contributed by atoms with Gasteiger partial charge in [0, 0.05) is 37.0 Å². The number of hydrogen-bond donors (Lipinski definition) is 2. The Morgan fingerprint density at radius 1 is 1.35 bits per heavy atom. The van der Waals surface area contributed by atoms with Crippen LogP contribution in [0.15, 0.2) is 23.3 Å². The Hall–Kier alpha value is -3.17. The lowest BCUT2D eigenvalue weighted by Crippen LogP contribution is -2.27. The molecule has 1 saturated carbocycles. The number of phenolic OH excluding ortho intramolecular Hbond substituents is 1. The third kappa shape index (κ3) is 4.47. The number of alkyl halides is 3. The standard InChI is InChI=1S/C21H22F3N5O2/c1-11-4-13(21(22,23)24)6-17(30)19(11)15-9-27-16(20(25)28-15)8-26-7-12-5-18(31)29(10-12)14-2-3-14/h4,6,8-9,12,14,30H,2-3,5,7,10H2,1H3,(H2,25,28). The third-order valence-electron chi connectivity index (χ3n) is 5.53. The van der Waals surface area contributed by atoms with E-state index in [0.29, 0.717) is 37.3 Å². The molecule has 31 heavy (non-hydrogen) atoms. The topological polar surface area (TPSA) is 105 Å². The van der Waals surface area contributed by atoms with Gasteiger partial charge in [0.05, 0.1) is 23.7 Å². The lowest BCUT2D eigenvalue weighted by atomic mass is 10.0. The highest BCUT2D eigenvalue weighted by atomic mass is 19.4. The Morgan fingerprint density at radius 2 is 2.10 bits per heavy atom. The molecule has 164 valence electrons. The molecule has 1 aliphatic heterocycles. The monoisotopic (exact) mass is 433 g/mol. The number of amides is 1. The second kappa shape index (κ2) is 7.82. The number of phenols is 1. The molecule has 3 N–H and O–H groups in total. The van der Waals surface area contributed by atoms with Crippen molar-refractivity contribution >= 4 is 17.9 Å². The van der Waals surface area contributed by atoms with E-state index in [2.05, 4.69) is 15.0 Å². The number of aryl methyl sites for hydroxylation is 1. The van der Waals surface area contributed by atoms with Crippen molar-refractivity contribution in [3.63, 3.8) is 0 Å². The van der Waals surface area contributed by atoms with Crippen molar-refractivity contribution in [2.45, 2.75) is 38.4 Å². The minimum atomic E-state index is -4.56. The Bertz CT molecular complexity index is 1030. The van der Waals surface area contributed by atoms with Crippen LogP contribution in [0.5, 0.6) is 5.75 Å². The molecule has 2 fully saturated rings. The molecule has 0 radical (unpaired) electrons. The van der Waals surface area contributed by atoms with E-state index in [1.165, 1.54) is 19.3 Å². The molecule has 1 aromatic carbocycles. The van der Waals surface area contributed by atoms with Gasteiger partial charge < -0.3 is 15.7 Å². The van der Waals surface area contributed by atoms with Crippen LogP contribution in [0.3, 0.4) is 0 Å². The summed E-state index contributed by atoms with van der Waals surface area (Å²) < 4.78 is 38.8. The fourth-order valence-corrected chi connectivity index (χ4v) is 3.86. The van der Waals surface area contributed by atoms with Gasteiger partial charge in [-0.25, -0.2) is 9.97 Å². The summed E-state index contributed by atoms with van der Waals surface area (Å²) in [6, 6.07) is 2.00. The van der Waals surface area contributed by atoms with Gasteiger partial charge in [0.15, 0.2) is 5.82 Å². The SMILES string of the molecule is Cc1cc(C(F)(F)F)cc(O)c1-c1cnc(C=NCC2CC(=O)N(C3CC3)C2)c(N)n1. The maximum absolute atomic E-state index is 12.9. The van der Waals surface area contributed by atoms with Crippen LogP contribution in [0.2, 0.25) is 0 Å². The predicted octanol–water partition coefficient (Wildman–Crippen LogP) is 3.19. The number of rotatable bonds is 5. The molecule has 0 bridgehead atoms. The molecule has 1 amide bonds. The first-order chi connectivity index (χ1) is 14.6. The van der Waals surface area contributed by atoms with Crippen molar-refractivity contribution in [2.24, 2.45) is 10.9 Å². The zero-order valence-corrected chi connectivity index (χ0v) is 16.9. The summed E-state index contributed by atoms with van der Waals surface area (Å²) in [7, 11) is 0. The summed E-state index contributed by atoms with van der Waals surface area (Å²) in [5.41, 5.74) is 5.84. The Balaban J connectivity index is 1.47. The third-order valence-corrected chi connectivity index (χ3v) is 5.53. The van der Waals surface area contributed by atoms with Gasteiger partial charge in [-0.3, -0.25) is 9.79 Å². The minimum Gasteiger partial charge on any atom is -0.507 e. The molecule has 4 rings (SSSR count). The second-order valence-corrected chi connectivity index (χ2v) is 8.05. The number of carbonyl (C=O) groups excluding carboxylic acids is 1. The van der Waals surface area contributed by atoms with Gasteiger partial charge in [-0.05, 0) is 37.5 Å². The largest absolute Gasteiger partial charge is 0.507 e. The highest BCUT2D eigenvalue weighted by Crippen LogP contribution is 2.38. The number of hydrogen-bond acceptors (Lipinski definition) is 6. The second-order valence-electron chi connectivity index (χ2n) is 8.05. The van der Waals surface area contributed by atoms with E-state index < -0.39 is 17.5 Å². The van der Waals surface area contributed by atoms with Crippen molar-refractivity contribution in [1.29, 1.82) is 0 Å². The number of benzene rings is 1. The lowest BCUT2D eigenvalue weighted by molar-refractivity contribution is -0.137. The van der Waals surface area contributed by atoms with E-state index in [9.17, 15) is 23.1 Å². The first kappa shape index (κ1) is 21.1. The molecule has 2 aromatic rings. The summed E-state index contributed by atoms with van der Waals surface area (Å²) in [6.45, 7) is 2.63. The summed E-state index contributed by atoms with van der Waals surface area (Å²) in [5.74, 6) is -0.168. The molecule has 1 aliphatic carbocycles. The number of nitrogen functional groups attached to an aromatic ring is 1. The Labute approximate surface area is 176 Å². The number of nitrogens with two attached hydrogens (primary N) is 1. The normalized spacial score (nSPS) is 19.5. The van der Waals surface area contributed by atoms with Crippen LogP contribution in [-0.4, -0.2) is 51.2 Å². The van der Waals surface area contributed by atoms with Gasteiger partial charge in [0.1, 0.15) is 11.4 Å². The highest BCUT2D eigenvalue weighted by Gasteiger charge is 2.39. The first-order valence-corrected chi connectivity index (χ1v) is 9.96. The number of aliphatic imine (C=N–C) groups is 1. The Kier molecular flexibility index (Phi) is 5.32. The number of aromatic nitrogens is 2. The summed E-state index contributed by atoms with van der Waals surface area (Å²) in [6.07, 6.45) is 0.894. The molecule has 2 aliphatic rings. The van der Waals surface area contributed by atoms with Crippen molar-refractivity contribution in [3.05, 3.63) is 35.2 Å². The maximum Gasteiger partial charge on any atom is 0.416 e. The smallest absolute Gasteiger partial charge is 0.416 e. The maximum atomic E-state index is 12.9. The van der Waals surface area contributed by atoms with E-state index >= 15 is 0 Å². The van der Waals surface area contributed by atoms with Gasteiger partial charge in [0.25, 0.3) is 0 Å². The fourth-order valence-electron chi connectivity index (χ4n) is 3.86. The Morgan fingerprint density at radius 3 is 2.71 bits per heavy atom. The van der Waals surface area contributed by atoms with Crippen LogP contribution < -0.4 is 5.73 Å². The van der Waals surface area contributed by atoms with Crippen LogP contribution in [0.4, 0.5) is 19.0 Å². The number of likely N-dealkylation sites (tertiary alicyclic amines) is 1.